The molecule has 0 saturated carbocycles. The predicted octanol–water partition coefficient (Wildman–Crippen LogP) is 0.319. The minimum Gasteiger partial charge on any atom is -0.380 e. The second-order valence-electron chi connectivity index (χ2n) is 4.25. The third-order valence-corrected chi connectivity index (χ3v) is 3.57. The Bertz CT molecular complexity index is 268. The Morgan fingerprint density at radius 2 is 2.21 bits per heavy atom. The lowest BCUT2D eigenvalue weighted by atomic mass is 9.89. The molecule has 1 unspecified atom stereocenters. The fourth-order valence-electron chi connectivity index (χ4n) is 1.76. The molecule has 0 spiro atoms. The van der Waals surface area contributed by atoms with Crippen LogP contribution in [0.5, 0.6) is 0 Å². The van der Waals surface area contributed by atoms with Gasteiger partial charge in [-0.1, -0.05) is 0 Å². The van der Waals surface area contributed by atoms with Gasteiger partial charge in [-0.25, -0.2) is 8.42 Å². The van der Waals surface area contributed by atoms with Crippen molar-refractivity contribution in [2.24, 2.45) is 5.73 Å². The fraction of sp³-hybridized carbons (Fsp3) is 1.00. The average molecular weight is 221 g/mol. The number of nitrogens with two attached hydrogens (primary N) is 1. The summed E-state index contributed by atoms with van der Waals surface area (Å²) in [6, 6.07) is 0. The maximum Gasteiger partial charge on any atom is 0.147 e. The van der Waals surface area contributed by atoms with Crippen molar-refractivity contribution in [1.29, 1.82) is 0 Å². The Kier molecular flexibility index (Phi) is 3.92. The third-order valence-electron chi connectivity index (χ3n) is 2.54. The van der Waals surface area contributed by atoms with E-state index in [-0.39, 0.29) is 11.3 Å². The topological polar surface area (TPSA) is 69.4 Å². The molecule has 1 atom stereocenters. The number of rotatable bonds is 4. The van der Waals surface area contributed by atoms with Gasteiger partial charge in [0.25, 0.3) is 0 Å². The summed E-state index contributed by atoms with van der Waals surface area (Å²) in [4.78, 5) is 0. The molecule has 1 aliphatic rings. The molecule has 1 fully saturated rings. The van der Waals surface area contributed by atoms with Crippen LogP contribution in [0.2, 0.25) is 0 Å². The summed E-state index contributed by atoms with van der Waals surface area (Å²) in [7, 11) is -2.85. The summed E-state index contributed by atoms with van der Waals surface area (Å²) in [5.41, 5.74) is 5.78. The number of ether oxygens (including phenoxy) is 1. The van der Waals surface area contributed by atoms with Gasteiger partial charge in [0, 0.05) is 24.2 Å². The van der Waals surface area contributed by atoms with Crippen molar-refractivity contribution in [2.45, 2.75) is 31.2 Å². The molecule has 14 heavy (non-hydrogen) atoms. The second-order valence-corrected chi connectivity index (χ2v) is 6.51. The Labute approximate surface area is 85.7 Å². The van der Waals surface area contributed by atoms with Gasteiger partial charge in [0.1, 0.15) is 9.84 Å². The Hall–Kier alpha value is -0.130. The third kappa shape index (κ3) is 4.39. The van der Waals surface area contributed by atoms with Gasteiger partial charge < -0.3 is 10.5 Å². The van der Waals surface area contributed by atoms with Crippen molar-refractivity contribution >= 4 is 9.84 Å². The molecule has 0 aliphatic carbocycles. The predicted molar refractivity (Wildman–Crippen MR) is 55.9 cm³/mol. The molecule has 0 bridgehead atoms. The summed E-state index contributed by atoms with van der Waals surface area (Å²) < 4.78 is 27.1. The van der Waals surface area contributed by atoms with Gasteiger partial charge in [-0.3, -0.25) is 0 Å². The normalized spacial score (nSPS) is 29.0. The number of sulfone groups is 1. The smallest absolute Gasteiger partial charge is 0.147 e. The van der Waals surface area contributed by atoms with Crippen LogP contribution in [0.15, 0.2) is 0 Å². The zero-order valence-corrected chi connectivity index (χ0v) is 9.48. The Balaban J connectivity index is 2.29. The highest BCUT2D eigenvalue weighted by atomic mass is 32.2. The van der Waals surface area contributed by atoms with Crippen LogP contribution in [0, 0.1) is 0 Å². The van der Waals surface area contributed by atoms with E-state index in [1.54, 1.807) is 0 Å². The highest BCUT2D eigenvalue weighted by Gasteiger charge is 2.27. The van der Waals surface area contributed by atoms with E-state index >= 15 is 0 Å². The summed E-state index contributed by atoms with van der Waals surface area (Å²) in [6.45, 7) is 1.35. The van der Waals surface area contributed by atoms with E-state index < -0.39 is 9.84 Å². The van der Waals surface area contributed by atoms with E-state index in [9.17, 15) is 8.42 Å². The monoisotopic (exact) mass is 221 g/mol. The van der Waals surface area contributed by atoms with Crippen LogP contribution in [0.4, 0.5) is 0 Å². The van der Waals surface area contributed by atoms with E-state index in [2.05, 4.69) is 0 Å². The standard InChI is InChI=1S/C9H19NO3S/c1-14(11,12)7-3-5-9(10)4-2-6-13-8-9/h2-8,10H2,1H3. The minimum atomic E-state index is -2.85. The molecule has 0 aromatic heterocycles. The van der Waals surface area contributed by atoms with Crippen molar-refractivity contribution in [1.82, 2.24) is 0 Å². The van der Waals surface area contributed by atoms with Crippen molar-refractivity contribution in [3.8, 4) is 0 Å². The molecular weight excluding hydrogens is 202 g/mol. The van der Waals surface area contributed by atoms with Crippen LogP contribution in [-0.2, 0) is 14.6 Å². The van der Waals surface area contributed by atoms with Crippen molar-refractivity contribution in [2.75, 3.05) is 25.2 Å². The van der Waals surface area contributed by atoms with E-state index in [4.69, 9.17) is 10.5 Å². The van der Waals surface area contributed by atoms with E-state index in [1.165, 1.54) is 6.26 Å². The SMILES string of the molecule is CS(=O)(=O)CCCC1(N)CCCOC1. The number of hydrogen-bond acceptors (Lipinski definition) is 4. The van der Waals surface area contributed by atoms with Gasteiger partial charge in [0.15, 0.2) is 0 Å². The first-order valence-corrected chi connectivity index (χ1v) is 7.02. The van der Waals surface area contributed by atoms with Crippen LogP contribution in [0.3, 0.4) is 0 Å². The molecule has 5 heteroatoms. The molecule has 0 aromatic rings. The molecule has 0 radical (unpaired) electrons. The van der Waals surface area contributed by atoms with Gasteiger partial charge >= 0.3 is 0 Å². The largest absolute Gasteiger partial charge is 0.380 e. The first kappa shape index (κ1) is 11.9. The van der Waals surface area contributed by atoms with E-state index in [0.717, 1.165) is 25.9 Å². The molecule has 2 N–H and O–H groups in total. The van der Waals surface area contributed by atoms with Crippen LogP contribution in [0.25, 0.3) is 0 Å². The molecule has 0 aromatic carbocycles. The van der Waals surface area contributed by atoms with E-state index in [0.29, 0.717) is 13.0 Å². The molecule has 1 saturated heterocycles. The summed E-state index contributed by atoms with van der Waals surface area (Å²) >= 11 is 0. The quantitative estimate of drug-likeness (QED) is 0.742. The van der Waals surface area contributed by atoms with Gasteiger partial charge in [-0.05, 0) is 25.7 Å². The molecule has 1 heterocycles. The van der Waals surface area contributed by atoms with Crippen molar-refractivity contribution < 1.29 is 13.2 Å². The maximum absolute atomic E-state index is 10.9. The van der Waals surface area contributed by atoms with Crippen LogP contribution in [-0.4, -0.2) is 39.2 Å². The highest BCUT2D eigenvalue weighted by Crippen LogP contribution is 2.21. The zero-order valence-electron chi connectivity index (χ0n) is 8.66. The Morgan fingerprint density at radius 1 is 1.50 bits per heavy atom. The molecule has 0 amide bonds. The van der Waals surface area contributed by atoms with Crippen molar-refractivity contribution in [3.05, 3.63) is 0 Å². The maximum atomic E-state index is 10.9. The van der Waals surface area contributed by atoms with Gasteiger partial charge in [0.05, 0.1) is 6.61 Å². The summed E-state index contributed by atoms with van der Waals surface area (Å²) in [5.74, 6) is 0.228. The highest BCUT2D eigenvalue weighted by molar-refractivity contribution is 7.90. The first-order valence-electron chi connectivity index (χ1n) is 4.96. The Morgan fingerprint density at radius 3 is 2.71 bits per heavy atom. The van der Waals surface area contributed by atoms with Crippen LogP contribution >= 0.6 is 0 Å². The molecule has 84 valence electrons. The van der Waals surface area contributed by atoms with E-state index in [1.807, 2.05) is 0 Å². The number of hydrogen-bond donors (Lipinski definition) is 1. The van der Waals surface area contributed by atoms with Gasteiger partial charge in [0.2, 0.25) is 0 Å². The zero-order chi connectivity index (χ0) is 10.7. The van der Waals surface area contributed by atoms with Gasteiger partial charge in [-0.2, -0.15) is 0 Å². The molecular formula is C9H19NO3S. The van der Waals surface area contributed by atoms with Crippen LogP contribution < -0.4 is 5.73 Å². The summed E-state index contributed by atoms with van der Waals surface area (Å²) in [5, 5.41) is 0. The molecule has 1 aliphatic heterocycles. The first-order chi connectivity index (χ1) is 6.41. The van der Waals surface area contributed by atoms with Crippen LogP contribution in [0.1, 0.15) is 25.7 Å². The lowest BCUT2D eigenvalue weighted by Gasteiger charge is -2.33. The minimum absolute atomic E-state index is 0.228. The summed E-state index contributed by atoms with van der Waals surface area (Å²) in [6.07, 6.45) is 4.55. The molecule has 1 rings (SSSR count). The average Bonchev–Trinajstić information content (AvgIpc) is 2.02. The second kappa shape index (κ2) is 4.59. The lowest BCUT2D eigenvalue weighted by molar-refractivity contribution is 0.0343. The lowest BCUT2D eigenvalue weighted by Crippen LogP contribution is -2.47. The molecule has 4 nitrogen and oxygen atoms in total. The van der Waals surface area contributed by atoms with Crippen molar-refractivity contribution in [3.63, 3.8) is 0 Å². The fourth-order valence-corrected chi connectivity index (χ4v) is 2.43. The van der Waals surface area contributed by atoms with Gasteiger partial charge in [-0.15, -0.1) is 0 Å².